The minimum Gasteiger partial charge on any atom is -0.478 e. The molecule has 4 nitrogen and oxygen atoms in total. The van der Waals surface area contributed by atoms with E-state index in [1.54, 1.807) is 0 Å². The molecule has 1 fully saturated rings. The Morgan fingerprint density at radius 3 is 2.59 bits per heavy atom. The number of pyridine rings is 1. The second kappa shape index (κ2) is 6.08. The van der Waals surface area contributed by atoms with Crippen molar-refractivity contribution in [3.8, 4) is 0 Å². The maximum absolute atomic E-state index is 12.5. The maximum Gasteiger partial charge on any atom is 0.433 e. The second-order valence-corrected chi connectivity index (χ2v) is 5.52. The Kier molecular flexibility index (Phi) is 4.55. The molecular weight excluding hydrogens is 297 g/mol. The van der Waals surface area contributed by atoms with E-state index in [2.05, 4.69) is 4.98 Å². The quantitative estimate of drug-likeness (QED) is 0.822. The third kappa shape index (κ3) is 3.47. The molecule has 2 atom stereocenters. The summed E-state index contributed by atoms with van der Waals surface area (Å²) in [5.41, 5.74) is 6.79. The predicted molar refractivity (Wildman–Crippen MR) is 74.1 cm³/mol. The summed E-state index contributed by atoms with van der Waals surface area (Å²) in [6.07, 6.45) is -1.65. The molecule has 1 aliphatic rings. The topological polar surface area (TPSA) is 76.2 Å². The Morgan fingerprint density at radius 2 is 2.09 bits per heavy atom. The third-order valence-corrected chi connectivity index (χ3v) is 4.12. The molecule has 0 bridgehead atoms. The normalized spacial score (nSPS) is 25.0. The number of rotatable bonds is 2. The van der Waals surface area contributed by atoms with Gasteiger partial charge in [-0.1, -0.05) is 11.6 Å². The van der Waals surface area contributed by atoms with E-state index in [-0.39, 0.29) is 17.5 Å². The average Bonchev–Trinajstić information content (AvgIpc) is 2.46. The van der Waals surface area contributed by atoms with Crippen molar-refractivity contribution in [3.05, 3.63) is 40.7 Å². The van der Waals surface area contributed by atoms with Gasteiger partial charge in [-0.25, -0.2) is 4.79 Å². The van der Waals surface area contributed by atoms with Gasteiger partial charge in [-0.3, -0.25) is 4.98 Å². The van der Waals surface area contributed by atoms with Crippen LogP contribution in [0.1, 0.15) is 43.4 Å². The molecule has 0 spiro atoms. The lowest BCUT2D eigenvalue weighted by atomic mass is 9.77. The van der Waals surface area contributed by atoms with Crippen LogP contribution < -0.4 is 5.73 Å². The monoisotopic (exact) mass is 314 g/mol. The van der Waals surface area contributed by atoms with Crippen LogP contribution in [0.3, 0.4) is 0 Å². The van der Waals surface area contributed by atoms with Crippen molar-refractivity contribution in [1.29, 1.82) is 0 Å². The molecule has 0 aliphatic heterocycles. The zero-order chi connectivity index (χ0) is 16.5. The van der Waals surface area contributed by atoms with E-state index in [1.807, 2.05) is 0 Å². The zero-order valence-corrected chi connectivity index (χ0v) is 12.0. The van der Waals surface area contributed by atoms with Crippen LogP contribution in [0, 0.1) is 0 Å². The lowest BCUT2D eigenvalue weighted by molar-refractivity contribution is -0.141. The highest BCUT2D eigenvalue weighted by molar-refractivity contribution is 5.86. The van der Waals surface area contributed by atoms with Gasteiger partial charge in [0.2, 0.25) is 0 Å². The van der Waals surface area contributed by atoms with Gasteiger partial charge >= 0.3 is 12.1 Å². The SMILES string of the molecule is CC(C(=O)O)=C1CC[C@@H](N)[C@H](c2ccc(C(F)(F)F)nc2)C1. The molecule has 22 heavy (non-hydrogen) atoms. The number of nitrogens with two attached hydrogens (primary N) is 1. The summed E-state index contributed by atoms with van der Waals surface area (Å²) in [6, 6.07) is 2.09. The second-order valence-electron chi connectivity index (χ2n) is 5.52. The fourth-order valence-electron chi connectivity index (χ4n) is 2.71. The van der Waals surface area contributed by atoms with E-state index in [4.69, 9.17) is 10.8 Å². The summed E-state index contributed by atoms with van der Waals surface area (Å²) in [5.74, 6) is -1.19. The number of nitrogens with zero attached hydrogens (tertiary/aromatic N) is 1. The first-order chi connectivity index (χ1) is 10.2. The van der Waals surface area contributed by atoms with E-state index in [0.29, 0.717) is 24.8 Å². The van der Waals surface area contributed by atoms with Gasteiger partial charge in [0, 0.05) is 23.7 Å². The van der Waals surface area contributed by atoms with Crippen molar-refractivity contribution in [3.63, 3.8) is 0 Å². The number of carboxylic acid groups (broad SMARTS) is 1. The molecule has 1 aliphatic carbocycles. The molecule has 1 heterocycles. The van der Waals surface area contributed by atoms with E-state index >= 15 is 0 Å². The molecule has 0 unspecified atom stereocenters. The first-order valence-electron chi connectivity index (χ1n) is 6.90. The van der Waals surface area contributed by atoms with E-state index in [1.165, 1.54) is 19.2 Å². The summed E-state index contributed by atoms with van der Waals surface area (Å²) in [5, 5.41) is 9.06. The molecule has 1 saturated carbocycles. The number of aromatic nitrogens is 1. The highest BCUT2D eigenvalue weighted by Crippen LogP contribution is 2.37. The Hall–Kier alpha value is -1.89. The summed E-state index contributed by atoms with van der Waals surface area (Å²) in [6.45, 7) is 1.54. The summed E-state index contributed by atoms with van der Waals surface area (Å²) >= 11 is 0. The Bertz CT molecular complexity index is 594. The molecule has 0 aromatic carbocycles. The van der Waals surface area contributed by atoms with E-state index in [9.17, 15) is 18.0 Å². The van der Waals surface area contributed by atoms with Crippen molar-refractivity contribution in [2.45, 2.75) is 44.3 Å². The molecule has 2 rings (SSSR count). The molecule has 0 saturated heterocycles. The van der Waals surface area contributed by atoms with Crippen LogP contribution in [0.2, 0.25) is 0 Å². The highest BCUT2D eigenvalue weighted by atomic mass is 19.4. The van der Waals surface area contributed by atoms with Crippen molar-refractivity contribution < 1.29 is 23.1 Å². The van der Waals surface area contributed by atoms with Gasteiger partial charge in [-0.05, 0) is 37.8 Å². The summed E-state index contributed by atoms with van der Waals surface area (Å²) in [7, 11) is 0. The van der Waals surface area contributed by atoms with Crippen molar-refractivity contribution in [2.75, 3.05) is 0 Å². The largest absolute Gasteiger partial charge is 0.478 e. The van der Waals surface area contributed by atoms with Crippen LogP contribution in [-0.2, 0) is 11.0 Å². The van der Waals surface area contributed by atoms with Crippen LogP contribution in [0.25, 0.3) is 0 Å². The Morgan fingerprint density at radius 1 is 1.41 bits per heavy atom. The van der Waals surface area contributed by atoms with Gasteiger partial charge in [0.1, 0.15) is 5.69 Å². The number of aliphatic carboxylic acids is 1. The highest BCUT2D eigenvalue weighted by Gasteiger charge is 2.33. The standard InChI is InChI=1S/C15H17F3N2O2/c1-8(14(21)22)9-2-4-12(19)11(6-9)10-3-5-13(20-7-10)15(16,17)18/h3,5,7,11-12H,2,4,6,19H2,1H3,(H,21,22)/t11-,12+/m0/s1. The van der Waals surface area contributed by atoms with Gasteiger partial charge in [0.25, 0.3) is 0 Å². The predicted octanol–water partition coefficient (Wildman–Crippen LogP) is 3.10. The first-order valence-corrected chi connectivity index (χ1v) is 6.90. The number of hydrogen-bond donors (Lipinski definition) is 2. The van der Waals surface area contributed by atoms with Crippen molar-refractivity contribution in [1.82, 2.24) is 4.98 Å². The third-order valence-electron chi connectivity index (χ3n) is 4.12. The number of hydrogen-bond acceptors (Lipinski definition) is 3. The molecule has 0 radical (unpaired) electrons. The fourth-order valence-corrected chi connectivity index (χ4v) is 2.71. The van der Waals surface area contributed by atoms with Gasteiger partial charge in [0.05, 0.1) is 0 Å². The summed E-state index contributed by atoms with van der Waals surface area (Å²) in [4.78, 5) is 14.5. The van der Waals surface area contributed by atoms with Crippen LogP contribution in [0.5, 0.6) is 0 Å². The number of halogens is 3. The molecule has 3 N–H and O–H groups in total. The number of carboxylic acids is 1. The molecule has 120 valence electrons. The molecular formula is C15H17F3N2O2. The van der Waals surface area contributed by atoms with Gasteiger partial charge in [-0.15, -0.1) is 0 Å². The minimum atomic E-state index is -4.47. The van der Waals surface area contributed by atoms with Gasteiger partial charge < -0.3 is 10.8 Å². The zero-order valence-electron chi connectivity index (χ0n) is 12.0. The molecule has 7 heteroatoms. The smallest absolute Gasteiger partial charge is 0.433 e. The number of alkyl halides is 3. The lowest BCUT2D eigenvalue weighted by Gasteiger charge is -2.31. The van der Waals surface area contributed by atoms with E-state index < -0.39 is 17.8 Å². The van der Waals surface area contributed by atoms with Crippen LogP contribution >= 0.6 is 0 Å². The van der Waals surface area contributed by atoms with Crippen LogP contribution in [-0.4, -0.2) is 22.1 Å². The molecule has 0 amide bonds. The minimum absolute atomic E-state index is 0.215. The first kappa shape index (κ1) is 16.5. The van der Waals surface area contributed by atoms with Crippen LogP contribution in [0.15, 0.2) is 29.5 Å². The van der Waals surface area contributed by atoms with Crippen molar-refractivity contribution >= 4 is 5.97 Å². The lowest BCUT2D eigenvalue weighted by Crippen LogP contribution is -2.33. The number of carbonyl (C=O) groups is 1. The average molecular weight is 314 g/mol. The maximum atomic E-state index is 12.5. The van der Waals surface area contributed by atoms with Crippen LogP contribution in [0.4, 0.5) is 13.2 Å². The Labute approximate surface area is 125 Å². The molecule has 1 aromatic heterocycles. The Balaban J connectivity index is 2.26. The van der Waals surface area contributed by atoms with Gasteiger partial charge in [-0.2, -0.15) is 13.2 Å². The van der Waals surface area contributed by atoms with Crippen molar-refractivity contribution in [2.24, 2.45) is 5.73 Å². The van der Waals surface area contributed by atoms with E-state index in [0.717, 1.165) is 11.6 Å². The fraction of sp³-hybridized carbons (Fsp3) is 0.467. The molecule has 1 aromatic rings. The summed E-state index contributed by atoms with van der Waals surface area (Å²) < 4.78 is 37.6. The van der Waals surface area contributed by atoms with Gasteiger partial charge in [0.15, 0.2) is 0 Å². The number of allylic oxidation sites excluding steroid dienone is 1.